The summed E-state index contributed by atoms with van der Waals surface area (Å²) in [6, 6.07) is 4.75. The maximum atomic E-state index is 15.3. The zero-order chi connectivity index (χ0) is 30.9. The van der Waals surface area contributed by atoms with E-state index >= 15 is 4.39 Å². The van der Waals surface area contributed by atoms with E-state index in [1.54, 1.807) is 50.1 Å². The summed E-state index contributed by atoms with van der Waals surface area (Å²) in [5.74, 6) is 0.860. The molecule has 0 aromatic carbocycles. The molecule has 1 aliphatic heterocycles. The highest BCUT2D eigenvalue weighted by molar-refractivity contribution is 6.29. The van der Waals surface area contributed by atoms with Crippen molar-refractivity contribution in [1.82, 2.24) is 34.6 Å². The van der Waals surface area contributed by atoms with Crippen molar-refractivity contribution >= 4 is 23.1 Å². The fourth-order valence-electron chi connectivity index (χ4n) is 5.10. The highest BCUT2D eigenvalue weighted by Gasteiger charge is 2.38. The van der Waals surface area contributed by atoms with Crippen LogP contribution in [0.25, 0.3) is 22.6 Å². The molecule has 1 fully saturated rings. The first-order valence-corrected chi connectivity index (χ1v) is 14.5. The molecular weight excluding hydrogens is 576 g/mol. The van der Waals surface area contributed by atoms with Gasteiger partial charge in [0, 0.05) is 75.4 Å². The summed E-state index contributed by atoms with van der Waals surface area (Å²) < 4.78 is 37.4. The number of nitrogens with zero attached hydrogens (tertiary/aromatic N) is 7. The van der Waals surface area contributed by atoms with Gasteiger partial charge in [0.15, 0.2) is 5.82 Å². The predicted octanol–water partition coefficient (Wildman–Crippen LogP) is 5.47. The molecule has 0 spiro atoms. The smallest absolute Gasteiger partial charge is 0.223 e. The van der Waals surface area contributed by atoms with Gasteiger partial charge in [-0.3, -0.25) is 9.88 Å². The number of likely N-dealkylation sites (tertiary alicyclic amines) is 1. The van der Waals surface area contributed by atoms with E-state index in [0.29, 0.717) is 66.9 Å². The number of nitrogen functional groups attached to an aromatic ring is 1. The molecule has 4 aromatic rings. The van der Waals surface area contributed by atoms with Crippen molar-refractivity contribution in [1.29, 1.82) is 0 Å². The Balaban J connectivity index is 1.24. The minimum absolute atomic E-state index is 0.0148. The van der Waals surface area contributed by atoms with Crippen LogP contribution in [-0.4, -0.2) is 66.0 Å². The average molecular weight is 612 g/mol. The van der Waals surface area contributed by atoms with Gasteiger partial charge in [0.05, 0.1) is 11.8 Å². The van der Waals surface area contributed by atoms with Crippen molar-refractivity contribution in [2.24, 2.45) is 13.0 Å². The number of hydrogen-bond donors (Lipinski definition) is 2. The molecule has 0 amide bonds. The van der Waals surface area contributed by atoms with E-state index in [-0.39, 0.29) is 22.9 Å². The highest BCUT2D eigenvalue weighted by atomic mass is 35.5. The maximum absolute atomic E-state index is 15.3. The first-order valence-electron chi connectivity index (χ1n) is 14.1. The van der Waals surface area contributed by atoms with Gasteiger partial charge in [-0.05, 0) is 51.5 Å². The van der Waals surface area contributed by atoms with Crippen molar-refractivity contribution < 1.29 is 13.5 Å². The van der Waals surface area contributed by atoms with Crippen molar-refractivity contribution in [3.63, 3.8) is 0 Å². The number of halogens is 3. The Hall–Kier alpha value is -3.90. The standard InChI is InChI=1S/C30H36ClF2N9O/c1-17(43-29-26(18(2)40-41(29)5)28-36-9-7-25(34)39-28)6-8-35-23-11-24(31)37-13-21(23)27-22(32)10-19(12-38-27)14-42-15-20(16-42)30(3,4)33/h7,9-13,17,20H,6,8,14-16H2,1-5H3,(H,35,37)(H2,34,36,39)/t17-/m0/s1. The van der Waals surface area contributed by atoms with Gasteiger partial charge in [0.2, 0.25) is 5.88 Å². The lowest BCUT2D eigenvalue weighted by Crippen LogP contribution is -2.53. The molecule has 43 heavy (non-hydrogen) atoms. The van der Waals surface area contributed by atoms with E-state index in [2.05, 4.69) is 35.3 Å². The van der Waals surface area contributed by atoms with Gasteiger partial charge in [0.25, 0.3) is 0 Å². The Morgan fingerprint density at radius 2 is 1.98 bits per heavy atom. The normalized spacial score (nSPS) is 14.9. The third kappa shape index (κ3) is 7.02. The molecule has 5 rings (SSSR count). The minimum Gasteiger partial charge on any atom is -0.474 e. The maximum Gasteiger partial charge on any atom is 0.223 e. The number of anilines is 2. The fourth-order valence-corrected chi connectivity index (χ4v) is 5.26. The van der Waals surface area contributed by atoms with E-state index in [4.69, 9.17) is 22.1 Å². The summed E-state index contributed by atoms with van der Waals surface area (Å²) >= 11 is 6.20. The van der Waals surface area contributed by atoms with Gasteiger partial charge in [0.1, 0.15) is 33.7 Å². The lowest BCUT2D eigenvalue weighted by Gasteiger charge is -2.44. The van der Waals surface area contributed by atoms with Crippen LogP contribution in [0.3, 0.4) is 0 Å². The van der Waals surface area contributed by atoms with Crippen LogP contribution in [0, 0.1) is 18.7 Å². The summed E-state index contributed by atoms with van der Waals surface area (Å²) in [5, 5.41) is 8.08. The van der Waals surface area contributed by atoms with Crippen LogP contribution in [0.1, 0.15) is 38.4 Å². The predicted molar refractivity (Wildman–Crippen MR) is 163 cm³/mol. The van der Waals surface area contributed by atoms with Gasteiger partial charge in [-0.2, -0.15) is 5.10 Å². The van der Waals surface area contributed by atoms with E-state index in [9.17, 15) is 4.39 Å². The SMILES string of the molecule is Cc1nn(C)c(O[C@@H](C)CCNc2cc(Cl)ncc2-c2ncc(CN3CC(C(C)(C)F)C3)cc2F)c1-c1nccc(N)n1. The average Bonchev–Trinajstić information content (AvgIpc) is 3.18. The van der Waals surface area contributed by atoms with Crippen LogP contribution in [-0.2, 0) is 13.6 Å². The first kappa shape index (κ1) is 30.6. The molecule has 0 unspecified atom stereocenters. The number of rotatable bonds is 11. The minimum atomic E-state index is -1.22. The van der Waals surface area contributed by atoms with Gasteiger partial charge >= 0.3 is 0 Å². The summed E-state index contributed by atoms with van der Waals surface area (Å²) in [5.41, 5.74) is 8.06. The zero-order valence-electron chi connectivity index (χ0n) is 24.9. The van der Waals surface area contributed by atoms with E-state index in [1.807, 2.05) is 13.8 Å². The number of nitrogens with two attached hydrogens (primary N) is 1. The second kappa shape index (κ2) is 12.4. The molecule has 0 radical (unpaired) electrons. The number of aromatic nitrogens is 6. The first-order chi connectivity index (χ1) is 20.4. The monoisotopic (exact) mass is 611 g/mol. The summed E-state index contributed by atoms with van der Waals surface area (Å²) in [6.07, 6.45) is 5.14. The number of pyridine rings is 2. The summed E-state index contributed by atoms with van der Waals surface area (Å²) in [4.78, 5) is 19.3. The van der Waals surface area contributed by atoms with Crippen molar-refractivity contribution in [3.05, 3.63) is 59.0 Å². The number of nitrogens with one attached hydrogen (secondary N) is 1. The van der Waals surface area contributed by atoms with Crippen LogP contribution in [0.5, 0.6) is 5.88 Å². The zero-order valence-corrected chi connectivity index (χ0v) is 25.7. The molecule has 13 heteroatoms. The van der Waals surface area contributed by atoms with Crippen LogP contribution >= 0.6 is 11.6 Å². The highest BCUT2D eigenvalue weighted by Crippen LogP contribution is 2.34. The Labute approximate surface area is 254 Å². The van der Waals surface area contributed by atoms with Crippen LogP contribution < -0.4 is 15.8 Å². The molecular formula is C30H36ClF2N9O. The van der Waals surface area contributed by atoms with Crippen molar-refractivity contribution in [2.75, 3.05) is 30.7 Å². The number of ether oxygens (including phenoxy) is 1. The Kier molecular flexibility index (Phi) is 8.79. The van der Waals surface area contributed by atoms with Gasteiger partial charge < -0.3 is 15.8 Å². The largest absolute Gasteiger partial charge is 0.474 e. The van der Waals surface area contributed by atoms with Crippen LogP contribution in [0.4, 0.5) is 20.3 Å². The van der Waals surface area contributed by atoms with Crippen molar-refractivity contribution in [3.8, 4) is 28.5 Å². The second-order valence-electron chi connectivity index (χ2n) is 11.5. The molecule has 0 bridgehead atoms. The topological polar surface area (TPSA) is 120 Å². The quantitative estimate of drug-likeness (QED) is 0.213. The molecule has 228 valence electrons. The third-order valence-electron chi connectivity index (χ3n) is 7.61. The number of alkyl halides is 1. The summed E-state index contributed by atoms with van der Waals surface area (Å²) in [7, 11) is 1.80. The Morgan fingerprint density at radius 3 is 2.67 bits per heavy atom. The fraction of sp³-hybridized carbons (Fsp3) is 0.433. The van der Waals surface area contributed by atoms with Gasteiger partial charge in [-0.25, -0.2) is 28.4 Å². The molecule has 10 nitrogen and oxygen atoms in total. The van der Waals surface area contributed by atoms with E-state index < -0.39 is 11.5 Å². The summed E-state index contributed by atoms with van der Waals surface area (Å²) in [6.45, 7) is 9.30. The van der Waals surface area contributed by atoms with Crippen LogP contribution in [0.15, 0.2) is 36.8 Å². The molecule has 0 saturated carbocycles. The third-order valence-corrected chi connectivity index (χ3v) is 7.81. The molecule has 3 N–H and O–H groups in total. The van der Waals surface area contributed by atoms with Gasteiger partial charge in [-0.1, -0.05) is 11.6 Å². The van der Waals surface area contributed by atoms with Crippen LogP contribution in [0.2, 0.25) is 5.15 Å². The Morgan fingerprint density at radius 1 is 1.21 bits per heavy atom. The molecule has 1 saturated heterocycles. The Bertz CT molecular complexity index is 1600. The van der Waals surface area contributed by atoms with E-state index in [1.165, 1.54) is 12.3 Å². The lowest BCUT2D eigenvalue weighted by molar-refractivity contribution is -0.0124. The second-order valence-corrected chi connectivity index (χ2v) is 11.9. The molecule has 1 aliphatic rings. The molecule has 5 heterocycles. The molecule has 0 aliphatic carbocycles. The number of hydrogen-bond acceptors (Lipinski definition) is 9. The molecule has 4 aromatic heterocycles. The molecule has 1 atom stereocenters. The van der Waals surface area contributed by atoms with E-state index in [0.717, 1.165) is 11.3 Å². The number of aryl methyl sites for hydroxylation is 2. The van der Waals surface area contributed by atoms with Crippen molar-refractivity contribution in [2.45, 2.75) is 52.4 Å². The van der Waals surface area contributed by atoms with Gasteiger partial charge in [-0.15, -0.1) is 0 Å². The lowest BCUT2D eigenvalue weighted by atomic mass is 9.85.